The number of halogens is 3. The summed E-state index contributed by atoms with van der Waals surface area (Å²) in [6.07, 6.45) is -4.21. The molecule has 0 saturated heterocycles. The van der Waals surface area contributed by atoms with Crippen LogP contribution in [0, 0.1) is 5.92 Å². The van der Waals surface area contributed by atoms with E-state index in [1.165, 1.54) is 24.3 Å². The lowest BCUT2D eigenvalue weighted by molar-refractivity contribution is -0.274. The monoisotopic (exact) mass is 366 g/mol. The molecule has 0 aliphatic carbocycles. The van der Waals surface area contributed by atoms with Crippen molar-refractivity contribution in [2.24, 2.45) is 11.7 Å². The van der Waals surface area contributed by atoms with Crippen LogP contribution in [0.4, 0.5) is 13.2 Å². The molecule has 0 aliphatic heterocycles. The molecule has 0 heterocycles. The topological polar surface area (TPSA) is 64.3 Å². The van der Waals surface area contributed by atoms with Crippen LogP contribution in [-0.2, 0) is 11.2 Å². The van der Waals surface area contributed by atoms with Crippen LogP contribution in [0.3, 0.4) is 0 Å². The number of amides is 1. The van der Waals surface area contributed by atoms with Gasteiger partial charge in [-0.05, 0) is 29.7 Å². The van der Waals surface area contributed by atoms with Crippen LogP contribution in [0.1, 0.15) is 24.1 Å². The maximum atomic E-state index is 12.2. The van der Waals surface area contributed by atoms with Crippen LogP contribution >= 0.6 is 0 Å². The number of ether oxygens (including phenoxy) is 1. The third-order valence-corrected chi connectivity index (χ3v) is 4.01. The summed E-state index contributed by atoms with van der Waals surface area (Å²) in [6, 6.07) is 14.5. The summed E-state index contributed by atoms with van der Waals surface area (Å²) < 4.78 is 40.2. The fourth-order valence-electron chi connectivity index (χ4n) is 2.48. The number of hydrogen-bond acceptors (Lipinski definition) is 3. The summed E-state index contributed by atoms with van der Waals surface area (Å²) in [7, 11) is 0. The fourth-order valence-corrected chi connectivity index (χ4v) is 2.48. The van der Waals surface area contributed by atoms with Crippen LogP contribution in [0.15, 0.2) is 54.6 Å². The van der Waals surface area contributed by atoms with Crippen LogP contribution in [0.2, 0.25) is 0 Å². The van der Waals surface area contributed by atoms with E-state index in [1.807, 2.05) is 30.3 Å². The van der Waals surface area contributed by atoms with Crippen molar-refractivity contribution < 1.29 is 22.7 Å². The molecule has 0 aromatic heterocycles. The smallest absolute Gasteiger partial charge is 0.406 e. The first-order valence-electron chi connectivity index (χ1n) is 8.19. The predicted octanol–water partition coefficient (Wildman–Crippen LogP) is 3.58. The van der Waals surface area contributed by atoms with E-state index in [4.69, 9.17) is 5.73 Å². The number of benzene rings is 2. The van der Waals surface area contributed by atoms with E-state index in [1.54, 1.807) is 6.92 Å². The highest BCUT2D eigenvalue weighted by Crippen LogP contribution is 2.23. The highest BCUT2D eigenvalue weighted by atomic mass is 19.4. The number of carbonyl (C=O) groups excluding carboxylic acids is 1. The summed E-state index contributed by atoms with van der Waals surface area (Å²) in [6.45, 7) is 2.13. The van der Waals surface area contributed by atoms with E-state index in [9.17, 15) is 18.0 Å². The zero-order valence-corrected chi connectivity index (χ0v) is 14.3. The van der Waals surface area contributed by atoms with E-state index in [0.29, 0.717) is 13.0 Å². The van der Waals surface area contributed by atoms with Gasteiger partial charge >= 0.3 is 6.36 Å². The van der Waals surface area contributed by atoms with Crippen LogP contribution in [-0.4, -0.2) is 18.8 Å². The van der Waals surface area contributed by atoms with E-state index in [-0.39, 0.29) is 11.7 Å². The summed E-state index contributed by atoms with van der Waals surface area (Å²) in [4.78, 5) is 12.2. The molecule has 0 spiro atoms. The largest absolute Gasteiger partial charge is 0.573 e. The average Bonchev–Trinajstić information content (AvgIpc) is 2.61. The second-order valence-electron chi connectivity index (χ2n) is 5.96. The molecule has 2 atom stereocenters. The molecule has 2 rings (SSSR count). The van der Waals surface area contributed by atoms with Crippen molar-refractivity contribution in [3.05, 3.63) is 65.7 Å². The Labute approximate surface area is 150 Å². The first kappa shape index (κ1) is 19.8. The molecule has 0 saturated carbocycles. The number of nitrogens with two attached hydrogens (primary N) is 1. The van der Waals surface area contributed by atoms with E-state index < -0.39 is 18.3 Å². The maximum Gasteiger partial charge on any atom is 0.573 e. The lowest BCUT2D eigenvalue weighted by atomic mass is 9.94. The molecule has 2 unspecified atom stereocenters. The highest BCUT2D eigenvalue weighted by Gasteiger charge is 2.30. The minimum absolute atomic E-state index is 0.168. The Balaban J connectivity index is 1.80. The number of carbonyl (C=O) groups is 1. The van der Waals surface area contributed by atoms with Crippen molar-refractivity contribution in [2.75, 3.05) is 6.54 Å². The van der Waals surface area contributed by atoms with Crippen molar-refractivity contribution in [3.63, 3.8) is 0 Å². The van der Waals surface area contributed by atoms with Gasteiger partial charge in [0.15, 0.2) is 0 Å². The zero-order chi connectivity index (χ0) is 19.2. The van der Waals surface area contributed by atoms with Crippen molar-refractivity contribution >= 4 is 5.91 Å². The molecule has 26 heavy (non-hydrogen) atoms. The van der Waals surface area contributed by atoms with E-state index in [0.717, 1.165) is 11.1 Å². The van der Waals surface area contributed by atoms with Crippen molar-refractivity contribution in [1.82, 2.24) is 5.32 Å². The lowest BCUT2D eigenvalue weighted by Gasteiger charge is -2.19. The van der Waals surface area contributed by atoms with Gasteiger partial charge in [0.1, 0.15) is 5.75 Å². The Morgan fingerprint density at radius 1 is 1.12 bits per heavy atom. The first-order valence-corrected chi connectivity index (χ1v) is 8.19. The second kappa shape index (κ2) is 8.71. The Morgan fingerprint density at radius 2 is 1.73 bits per heavy atom. The van der Waals surface area contributed by atoms with Crippen molar-refractivity contribution in [3.8, 4) is 5.75 Å². The minimum Gasteiger partial charge on any atom is -0.406 e. The molecule has 1 amide bonds. The third-order valence-electron chi connectivity index (χ3n) is 4.01. The summed E-state index contributed by atoms with van der Waals surface area (Å²) in [5.41, 5.74) is 7.80. The van der Waals surface area contributed by atoms with Gasteiger partial charge in [0, 0.05) is 12.6 Å². The van der Waals surface area contributed by atoms with Gasteiger partial charge in [-0.1, -0.05) is 49.4 Å². The molecular weight excluding hydrogens is 345 g/mol. The quantitative estimate of drug-likeness (QED) is 0.787. The summed E-state index contributed by atoms with van der Waals surface area (Å²) in [5, 5.41) is 2.80. The van der Waals surface area contributed by atoms with Gasteiger partial charge < -0.3 is 15.8 Å². The van der Waals surface area contributed by atoms with E-state index >= 15 is 0 Å². The molecule has 0 fully saturated rings. The molecule has 0 bridgehead atoms. The summed E-state index contributed by atoms with van der Waals surface area (Å²) >= 11 is 0. The number of rotatable bonds is 7. The molecule has 3 N–H and O–H groups in total. The Morgan fingerprint density at radius 3 is 2.31 bits per heavy atom. The molecule has 4 nitrogen and oxygen atoms in total. The van der Waals surface area contributed by atoms with Crippen LogP contribution in [0.5, 0.6) is 5.75 Å². The second-order valence-corrected chi connectivity index (χ2v) is 5.96. The molecule has 2 aromatic rings. The summed E-state index contributed by atoms with van der Waals surface area (Å²) in [5.74, 6) is -0.842. The third kappa shape index (κ3) is 6.07. The van der Waals surface area contributed by atoms with E-state index in [2.05, 4.69) is 10.1 Å². The molecule has 2 aromatic carbocycles. The van der Waals surface area contributed by atoms with Gasteiger partial charge in [-0.15, -0.1) is 13.2 Å². The Bertz CT molecular complexity index is 703. The van der Waals surface area contributed by atoms with Gasteiger partial charge in [0.25, 0.3) is 0 Å². The predicted molar refractivity (Wildman–Crippen MR) is 92.4 cm³/mol. The Hall–Kier alpha value is -2.54. The Kier molecular flexibility index (Phi) is 6.63. The maximum absolute atomic E-state index is 12.2. The molecule has 140 valence electrons. The van der Waals surface area contributed by atoms with Crippen LogP contribution < -0.4 is 15.8 Å². The van der Waals surface area contributed by atoms with Gasteiger partial charge in [-0.3, -0.25) is 4.79 Å². The molecule has 0 radical (unpaired) electrons. The van der Waals surface area contributed by atoms with Crippen molar-refractivity contribution in [1.29, 1.82) is 0 Å². The normalized spacial score (nSPS) is 13.7. The zero-order valence-electron chi connectivity index (χ0n) is 14.3. The van der Waals surface area contributed by atoms with Gasteiger partial charge in [-0.2, -0.15) is 0 Å². The van der Waals surface area contributed by atoms with Crippen molar-refractivity contribution in [2.45, 2.75) is 25.7 Å². The van der Waals surface area contributed by atoms with Gasteiger partial charge in [-0.25, -0.2) is 0 Å². The number of nitrogens with one attached hydrogen (secondary N) is 1. The van der Waals surface area contributed by atoms with Crippen LogP contribution in [0.25, 0.3) is 0 Å². The van der Waals surface area contributed by atoms with Gasteiger partial charge in [0.05, 0.1) is 5.92 Å². The SMILES string of the molecule is CC(C(=O)NCCc1ccc(OC(F)(F)F)cc1)C(N)c1ccccc1. The standard InChI is InChI=1S/C19H21F3N2O2/c1-13(17(23)15-5-3-2-4-6-15)18(25)24-12-11-14-7-9-16(10-8-14)26-19(20,21)22/h2-10,13,17H,11-12,23H2,1H3,(H,24,25). The number of hydrogen-bond donors (Lipinski definition) is 2. The molecular formula is C19H21F3N2O2. The fraction of sp³-hybridized carbons (Fsp3) is 0.316. The van der Waals surface area contributed by atoms with Gasteiger partial charge in [0.2, 0.25) is 5.91 Å². The molecule has 7 heteroatoms. The molecule has 0 aliphatic rings. The highest BCUT2D eigenvalue weighted by molar-refractivity contribution is 5.79. The first-order chi connectivity index (χ1) is 12.3. The number of alkyl halides is 3. The minimum atomic E-state index is -4.71. The lowest BCUT2D eigenvalue weighted by Crippen LogP contribution is -2.36. The average molecular weight is 366 g/mol.